The van der Waals surface area contributed by atoms with Crippen molar-refractivity contribution in [3.8, 4) is 0 Å². The second-order valence-corrected chi connectivity index (χ2v) is 8.95. The first-order chi connectivity index (χ1) is 11.8. The van der Waals surface area contributed by atoms with Crippen molar-refractivity contribution in [1.29, 1.82) is 0 Å². The third kappa shape index (κ3) is 20.0. The molecule has 0 aromatic heterocycles. The van der Waals surface area contributed by atoms with Crippen LogP contribution in [0.5, 0.6) is 0 Å². The van der Waals surface area contributed by atoms with Crippen LogP contribution in [0.25, 0.3) is 0 Å². The van der Waals surface area contributed by atoms with Gasteiger partial charge in [0, 0.05) is 13.1 Å². The normalized spacial score (nSPS) is 13.5. The minimum Gasteiger partial charge on any atom is -0.392 e. The van der Waals surface area contributed by atoms with E-state index < -0.39 is 16.2 Å². The summed E-state index contributed by atoms with van der Waals surface area (Å²) in [5.74, 6) is -0.283. The summed E-state index contributed by atoms with van der Waals surface area (Å²) in [4.78, 5) is 1.75. The predicted molar refractivity (Wildman–Crippen MR) is 106 cm³/mol. The largest absolute Gasteiger partial charge is 0.392 e. The summed E-state index contributed by atoms with van der Waals surface area (Å²) in [6, 6.07) is 0. The fourth-order valence-electron chi connectivity index (χ4n) is 3.03. The molecule has 6 heteroatoms. The highest BCUT2D eigenvalue weighted by Crippen LogP contribution is 2.13. The Morgan fingerprint density at radius 1 is 0.840 bits per heavy atom. The number of unbranched alkanes of at least 4 members (excludes halogenated alkanes) is 11. The zero-order valence-corrected chi connectivity index (χ0v) is 17.3. The number of likely N-dealkylation sites (N-methyl/N-ethyl adjacent to an activating group) is 1. The van der Waals surface area contributed by atoms with Crippen LogP contribution >= 0.6 is 0 Å². The smallest absolute Gasteiger partial charge is 0.266 e. The minimum absolute atomic E-state index is 0.244. The summed E-state index contributed by atoms with van der Waals surface area (Å²) in [7, 11) is -2.16. The molecule has 0 saturated heterocycles. The van der Waals surface area contributed by atoms with Gasteiger partial charge in [0.25, 0.3) is 10.1 Å². The average molecular weight is 380 g/mol. The Kier molecular flexibility index (Phi) is 15.9. The molecule has 0 radical (unpaired) electrons. The number of rotatable bonds is 18. The summed E-state index contributed by atoms with van der Waals surface area (Å²) < 4.78 is 30.1. The molecule has 0 amide bonds. The van der Waals surface area contributed by atoms with Gasteiger partial charge in [-0.05, 0) is 13.5 Å². The molecule has 0 rings (SSSR count). The molecule has 0 aliphatic rings. The molecule has 152 valence electrons. The lowest BCUT2D eigenvalue weighted by Crippen LogP contribution is -2.32. The van der Waals surface area contributed by atoms with Crippen LogP contribution in [0.1, 0.15) is 90.4 Å². The van der Waals surface area contributed by atoms with E-state index >= 15 is 0 Å². The van der Waals surface area contributed by atoms with E-state index in [1.807, 2.05) is 0 Å². The van der Waals surface area contributed by atoms with Crippen molar-refractivity contribution in [3.63, 3.8) is 0 Å². The van der Waals surface area contributed by atoms with Crippen molar-refractivity contribution < 1.29 is 18.1 Å². The number of aliphatic hydroxyl groups is 1. The second kappa shape index (κ2) is 16.0. The van der Waals surface area contributed by atoms with Gasteiger partial charge in [0.2, 0.25) is 0 Å². The molecular formula is C19H41NO4S. The first-order valence-corrected chi connectivity index (χ1v) is 11.8. The van der Waals surface area contributed by atoms with E-state index in [-0.39, 0.29) is 12.3 Å². The highest BCUT2D eigenvalue weighted by atomic mass is 32.2. The Morgan fingerprint density at radius 3 is 1.72 bits per heavy atom. The minimum atomic E-state index is -3.92. The Hall–Kier alpha value is -0.170. The Balaban J connectivity index is 3.36. The van der Waals surface area contributed by atoms with Gasteiger partial charge in [-0.15, -0.1) is 0 Å². The summed E-state index contributed by atoms with van der Waals surface area (Å²) >= 11 is 0. The van der Waals surface area contributed by atoms with E-state index in [0.29, 0.717) is 6.54 Å². The SMILES string of the molecule is CCCCCCCCCCCCCCC(O)CN(C)CCS(=O)(=O)O. The molecule has 0 bridgehead atoms. The van der Waals surface area contributed by atoms with Gasteiger partial charge in [-0.25, -0.2) is 0 Å². The third-order valence-electron chi connectivity index (χ3n) is 4.64. The zero-order valence-electron chi connectivity index (χ0n) is 16.5. The molecule has 0 aromatic rings. The Bertz CT molecular complexity index is 387. The standard InChI is InChI=1S/C19H41NO4S/c1-3-4-5-6-7-8-9-10-11-12-13-14-15-19(21)18-20(2)16-17-25(22,23)24/h19,21H,3-18H2,1-2H3,(H,22,23,24). The van der Waals surface area contributed by atoms with Crippen LogP contribution in [0.4, 0.5) is 0 Å². The summed E-state index contributed by atoms with van der Waals surface area (Å²) in [6.45, 7) is 2.95. The first kappa shape index (κ1) is 24.8. The first-order valence-electron chi connectivity index (χ1n) is 10.2. The van der Waals surface area contributed by atoms with Gasteiger partial charge in [-0.3, -0.25) is 4.55 Å². The van der Waals surface area contributed by atoms with Gasteiger partial charge in [0.15, 0.2) is 0 Å². The fraction of sp³-hybridized carbons (Fsp3) is 1.00. The van der Waals surface area contributed by atoms with Gasteiger partial charge in [-0.1, -0.05) is 84.0 Å². The molecule has 2 N–H and O–H groups in total. The highest BCUT2D eigenvalue weighted by molar-refractivity contribution is 7.85. The average Bonchev–Trinajstić information content (AvgIpc) is 2.53. The van der Waals surface area contributed by atoms with Crippen LogP contribution in [0, 0.1) is 0 Å². The van der Waals surface area contributed by atoms with Crippen molar-refractivity contribution in [2.45, 2.75) is 96.5 Å². The van der Waals surface area contributed by atoms with Gasteiger partial charge in [-0.2, -0.15) is 8.42 Å². The van der Waals surface area contributed by atoms with Crippen molar-refractivity contribution in [1.82, 2.24) is 4.90 Å². The van der Waals surface area contributed by atoms with Gasteiger partial charge >= 0.3 is 0 Å². The molecular weight excluding hydrogens is 338 g/mol. The predicted octanol–water partition coefficient (Wildman–Crippen LogP) is 4.26. The van der Waals surface area contributed by atoms with Gasteiger partial charge < -0.3 is 10.0 Å². The summed E-state index contributed by atoms with van der Waals surface area (Å²) in [5.41, 5.74) is 0. The lowest BCUT2D eigenvalue weighted by molar-refractivity contribution is 0.117. The number of nitrogens with zero attached hydrogens (tertiary/aromatic N) is 1. The van der Waals surface area contributed by atoms with Crippen molar-refractivity contribution >= 4 is 10.1 Å². The molecule has 1 atom stereocenters. The maximum Gasteiger partial charge on any atom is 0.266 e. The Labute approximate surface area is 155 Å². The van der Waals surface area contributed by atoms with Crippen LogP contribution in [-0.4, -0.2) is 55.0 Å². The van der Waals surface area contributed by atoms with Crippen LogP contribution in [0.15, 0.2) is 0 Å². The molecule has 25 heavy (non-hydrogen) atoms. The zero-order chi connectivity index (χ0) is 19.0. The molecule has 5 nitrogen and oxygen atoms in total. The van der Waals surface area contributed by atoms with Crippen molar-refractivity contribution in [3.05, 3.63) is 0 Å². The van der Waals surface area contributed by atoms with E-state index in [1.165, 1.54) is 64.2 Å². The number of aliphatic hydroxyl groups excluding tert-OH is 1. The van der Waals surface area contributed by atoms with Crippen LogP contribution in [0.2, 0.25) is 0 Å². The monoisotopic (exact) mass is 379 g/mol. The molecule has 0 fully saturated rings. The highest BCUT2D eigenvalue weighted by Gasteiger charge is 2.11. The Morgan fingerprint density at radius 2 is 1.28 bits per heavy atom. The summed E-state index contributed by atoms with van der Waals surface area (Å²) in [5, 5.41) is 9.96. The molecule has 1 unspecified atom stereocenters. The van der Waals surface area contributed by atoms with E-state index in [1.54, 1.807) is 11.9 Å². The van der Waals surface area contributed by atoms with E-state index in [9.17, 15) is 13.5 Å². The summed E-state index contributed by atoms with van der Waals surface area (Å²) in [6.07, 6.45) is 16.0. The number of hydrogen-bond donors (Lipinski definition) is 2. The topological polar surface area (TPSA) is 77.8 Å². The lowest BCUT2D eigenvalue weighted by atomic mass is 10.0. The molecule has 0 aliphatic carbocycles. The van der Waals surface area contributed by atoms with Crippen LogP contribution in [-0.2, 0) is 10.1 Å². The van der Waals surface area contributed by atoms with Crippen molar-refractivity contribution in [2.24, 2.45) is 0 Å². The van der Waals surface area contributed by atoms with Gasteiger partial charge in [0.05, 0.1) is 11.9 Å². The second-order valence-electron chi connectivity index (χ2n) is 7.38. The quantitative estimate of drug-likeness (QED) is 0.275. The molecule has 0 spiro atoms. The molecule has 0 saturated carbocycles. The van der Waals surface area contributed by atoms with Crippen LogP contribution < -0.4 is 0 Å². The van der Waals surface area contributed by atoms with Gasteiger partial charge in [0.1, 0.15) is 0 Å². The molecule has 0 aromatic carbocycles. The lowest BCUT2D eigenvalue weighted by Gasteiger charge is -2.19. The maximum absolute atomic E-state index is 10.7. The van der Waals surface area contributed by atoms with Crippen LogP contribution in [0.3, 0.4) is 0 Å². The van der Waals surface area contributed by atoms with Crippen molar-refractivity contribution in [2.75, 3.05) is 25.9 Å². The number of hydrogen-bond acceptors (Lipinski definition) is 4. The molecule has 0 heterocycles. The maximum atomic E-state index is 10.7. The van der Waals surface area contributed by atoms with E-state index in [2.05, 4.69) is 6.92 Å². The fourth-order valence-corrected chi connectivity index (χ4v) is 3.58. The molecule has 0 aliphatic heterocycles. The van der Waals surface area contributed by atoms with E-state index in [4.69, 9.17) is 4.55 Å². The van der Waals surface area contributed by atoms with E-state index in [0.717, 1.165) is 19.3 Å². The third-order valence-corrected chi connectivity index (χ3v) is 5.34.